The summed E-state index contributed by atoms with van der Waals surface area (Å²) in [5.74, 6) is 0.375. The zero-order valence-electron chi connectivity index (χ0n) is 14.0. The lowest BCUT2D eigenvalue weighted by molar-refractivity contribution is -0.157. The Morgan fingerprint density at radius 2 is 2.08 bits per heavy atom. The molecule has 0 radical (unpaired) electrons. The monoisotopic (exact) mass is 389 g/mol. The van der Waals surface area contributed by atoms with E-state index in [4.69, 9.17) is 9.47 Å². The molecule has 0 spiro atoms. The number of aromatic nitrogens is 1. The number of nitrogens with zero attached hydrogens (tertiary/aromatic N) is 1. The van der Waals surface area contributed by atoms with Crippen molar-refractivity contribution in [3.8, 4) is 5.75 Å². The Bertz CT molecular complexity index is 760. The second-order valence-electron chi connectivity index (χ2n) is 6.91. The molecule has 2 aromatic rings. The minimum absolute atomic E-state index is 0.196. The predicted octanol–water partition coefficient (Wildman–Crippen LogP) is 4.46. The first-order valence-corrected chi connectivity index (χ1v) is 8.66. The molecule has 0 saturated heterocycles. The number of halogens is 1. The van der Waals surface area contributed by atoms with E-state index in [0.29, 0.717) is 18.7 Å². The molecule has 1 aromatic carbocycles. The molecule has 0 bridgehead atoms. The first-order chi connectivity index (χ1) is 11.3. The third-order valence-electron chi connectivity index (χ3n) is 4.12. The van der Waals surface area contributed by atoms with Crippen molar-refractivity contribution in [2.45, 2.75) is 32.8 Å². The van der Waals surface area contributed by atoms with E-state index >= 15 is 0 Å². The van der Waals surface area contributed by atoms with Crippen LogP contribution in [0.25, 0.3) is 0 Å². The molecule has 1 atom stereocenters. The van der Waals surface area contributed by atoms with Crippen molar-refractivity contribution in [1.29, 1.82) is 0 Å². The number of hydrogen-bond donors (Lipinski definition) is 0. The highest BCUT2D eigenvalue weighted by Crippen LogP contribution is 2.49. The van der Waals surface area contributed by atoms with Gasteiger partial charge in [0.1, 0.15) is 5.75 Å². The Labute approximate surface area is 150 Å². The lowest BCUT2D eigenvalue weighted by atomic mass is 9.76. The average molecular weight is 390 g/mol. The number of benzene rings is 1. The summed E-state index contributed by atoms with van der Waals surface area (Å²) in [5, 5.41) is 0. The molecular weight excluding hydrogens is 370 g/mol. The first-order valence-electron chi connectivity index (χ1n) is 7.86. The zero-order valence-corrected chi connectivity index (χ0v) is 15.6. The van der Waals surface area contributed by atoms with Crippen molar-refractivity contribution >= 4 is 21.9 Å². The van der Waals surface area contributed by atoms with E-state index in [0.717, 1.165) is 15.8 Å². The number of esters is 1. The topological polar surface area (TPSA) is 48.4 Å². The molecule has 2 heterocycles. The van der Waals surface area contributed by atoms with Crippen molar-refractivity contribution < 1.29 is 14.3 Å². The van der Waals surface area contributed by atoms with Gasteiger partial charge < -0.3 is 9.47 Å². The number of carbonyl (C=O) groups is 1. The third kappa shape index (κ3) is 3.18. The molecule has 4 nitrogen and oxygen atoms in total. The summed E-state index contributed by atoms with van der Waals surface area (Å²) >= 11 is 3.52. The molecule has 1 unspecified atom stereocenters. The third-order valence-corrected chi connectivity index (χ3v) is 4.61. The molecule has 0 N–H and O–H groups in total. The lowest BCUT2D eigenvalue weighted by Gasteiger charge is -2.36. The van der Waals surface area contributed by atoms with E-state index in [-0.39, 0.29) is 11.4 Å². The Morgan fingerprint density at radius 3 is 2.75 bits per heavy atom. The van der Waals surface area contributed by atoms with Crippen LogP contribution in [0.1, 0.15) is 38.4 Å². The summed E-state index contributed by atoms with van der Waals surface area (Å²) in [6.45, 7) is 6.18. The van der Waals surface area contributed by atoms with Gasteiger partial charge in [-0.2, -0.15) is 0 Å². The van der Waals surface area contributed by atoms with Gasteiger partial charge in [0.15, 0.2) is 5.60 Å². The average Bonchev–Trinajstić information content (AvgIpc) is 2.63. The molecular formula is C19H20BrNO3. The number of rotatable bonds is 2. The van der Waals surface area contributed by atoms with Crippen LogP contribution in [0.15, 0.2) is 47.1 Å². The van der Waals surface area contributed by atoms with E-state index < -0.39 is 5.60 Å². The van der Waals surface area contributed by atoms with Gasteiger partial charge in [0.05, 0.1) is 12.3 Å². The minimum atomic E-state index is -0.980. The van der Waals surface area contributed by atoms with Gasteiger partial charge in [-0.15, -0.1) is 0 Å². The van der Waals surface area contributed by atoms with Crippen LogP contribution in [0, 0.1) is 5.41 Å². The van der Waals surface area contributed by atoms with Crippen LogP contribution in [-0.2, 0) is 15.1 Å². The molecule has 3 rings (SSSR count). The van der Waals surface area contributed by atoms with Crippen molar-refractivity contribution in [1.82, 2.24) is 4.98 Å². The zero-order chi connectivity index (χ0) is 17.4. The Hall–Kier alpha value is -1.88. The van der Waals surface area contributed by atoms with Crippen molar-refractivity contribution in [2.24, 2.45) is 5.41 Å². The van der Waals surface area contributed by atoms with Crippen LogP contribution in [0.3, 0.4) is 0 Å². The molecule has 1 aliphatic rings. The summed E-state index contributed by atoms with van der Waals surface area (Å²) in [5.41, 5.74) is 0.347. The predicted molar refractivity (Wildman–Crippen MR) is 94.8 cm³/mol. The molecule has 0 amide bonds. The van der Waals surface area contributed by atoms with Crippen molar-refractivity contribution in [3.05, 3.63) is 58.3 Å². The SMILES string of the molecule is CC(=O)OC1(c2ccccn2)CC(C)(C)COc2ccc(Br)cc21. The van der Waals surface area contributed by atoms with E-state index in [9.17, 15) is 4.79 Å². The first kappa shape index (κ1) is 17.0. The lowest BCUT2D eigenvalue weighted by Crippen LogP contribution is -2.38. The van der Waals surface area contributed by atoms with E-state index in [1.807, 2.05) is 36.4 Å². The fourth-order valence-corrected chi connectivity index (χ4v) is 3.62. The smallest absolute Gasteiger partial charge is 0.303 e. The van der Waals surface area contributed by atoms with Crippen LogP contribution in [0.5, 0.6) is 5.75 Å². The van der Waals surface area contributed by atoms with Crippen LogP contribution in [0.2, 0.25) is 0 Å². The van der Waals surface area contributed by atoms with Gasteiger partial charge in [-0.05, 0) is 30.3 Å². The van der Waals surface area contributed by atoms with E-state index in [1.165, 1.54) is 6.92 Å². The fourth-order valence-electron chi connectivity index (χ4n) is 3.26. The number of hydrogen-bond acceptors (Lipinski definition) is 4. The van der Waals surface area contributed by atoms with Gasteiger partial charge in [0.2, 0.25) is 0 Å². The summed E-state index contributed by atoms with van der Waals surface area (Å²) in [7, 11) is 0. The molecule has 1 aliphatic heterocycles. The van der Waals surface area contributed by atoms with Gasteiger partial charge in [0, 0.05) is 35.0 Å². The summed E-state index contributed by atoms with van der Waals surface area (Å²) in [6, 6.07) is 11.4. The second-order valence-corrected chi connectivity index (χ2v) is 7.82. The maximum absolute atomic E-state index is 12.0. The molecule has 0 saturated carbocycles. The standard InChI is InChI=1S/C19H20BrNO3/c1-13(22)24-19(17-6-4-5-9-21-17)11-18(2,3)12-23-16-8-7-14(20)10-15(16)19/h4-10H,11-12H2,1-3H3. The highest BCUT2D eigenvalue weighted by atomic mass is 79.9. The summed E-state index contributed by atoms with van der Waals surface area (Å²) < 4.78 is 12.9. The number of fused-ring (bicyclic) bond motifs is 1. The van der Waals surface area contributed by atoms with Crippen LogP contribution >= 0.6 is 15.9 Å². The largest absolute Gasteiger partial charge is 0.493 e. The minimum Gasteiger partial charge on any atom is -0.493 e. The highest BCUT2D eigenvalue weighted by Gasteiger charge is 2.48. The summed E-state index contributed by atoms with van der Waals surface area (Å²) in [6.07, 6.45) is 2.30. The maximum Gasteiger partial charge on any atom is 0.303 e. The molecule has 0 fully saturated rings. The molecule has 1 aromatic heterocycles. The van der Waals surface area contributed by atoms with Gasteiger partial charge >= 0.3 is 5.97 Å². The summed E-state index contributed by atoms with van der Waals surface area (Å²) in [4.78, 5) is 16.5. The van der Waals surface area contributed by atoms with Crippen LogP contribution in [-0.4, -0.2) is 17.6 Å². The Balaban J connectivity index is 2.31. The molecule has 24 heavy (non-hydrogen) atoms. The van der Waals surface area contributed by atoms with Gasteiger partial charge in [0.25, 0.3) is 0 Å². The molecule has 5 heteroatoms. The number of ether oxygens (including phenoxy) is 2. The molecule has 0 aliphatic carbocycles. The fraction of sp³-hybridized carbons (Fsp3) is 0.368. The Kier molecular flexibility index (Phi) is 4.38. The van der Waals surface area contributed by atoms with E-state index in [1.54, 1.807) is 6.20 Å². The van der Waals surface area contributed by atoms with E-state index in [2.05, 4.69) is 34.8 Å². The van der Waals surface area contributed by atoms with Crippen molar-refractivity contribution in [3.63, 3.8) is 0 Å². The molecule has 126 valence electrons. The van der Waals surface area contributed by atoms with Crippen molar-refractivity contribution in [2.75, 3.05) is 6.61 Å². The van der Waals surface area contributed by atoms with Gasteiger partial charge in [-0.3, -0.25) is 9.78 Å². The highest BCUT2D eigenvalue weighted by molar-refractivity contribution is 9.10. The van der Waals surface area contributed by atoms with Gasteiger partial charge in [-0.1, -0.05) is 35.8 Å². The van der Waals surface area contributed by atoms with Gasteiger partial charge in [-0.25, -0.2) is 0 Å². The van der Waals surface area contributed by atoms with Crippen LogP contribution < -0.4 is 4.74 Å². The maximum atomic E-state index is 12.0. The number of pyridine rings is 1. The quantitative estimate of drug-likeness (QED) is 0.711. The normalized spacial score (nSPS) is 22.0. The second kappa shape index (κ2) is 6.20. The van der Waals surface area contributed by atoms with Crippen LogP contribution in [0.4, 0.5) is 0 Å². The Morgan fingerprint density at radius 1 is 1.29 bits per heavy atom. The number of carbonyl (C=O) groups excluding carboxylic acids is 1.